The fraction of sp³-hybridized carbons (Fsp3) is 0.421. The Morgan fingerprint density at radius 2 is 1.81 bits per heavy atom. The average molecular weight is 412 g/mol. The number of carbonyl (C=O) groups is 1. The first-order valence-electron chi connectivity index (χ1n) is 8.79. The minimum atomic E-state index is -3.69. The fourth-order valence-corrected chi connectivity index (χ4v) is 4.29. The van der Waals surface area contributed by atoms with Gasteiger partial charge in [-0.2, -0.15) is 0 Å². The van der Waals surface area contributed by atoms with Crippen LogP contribution in [0, 0.1) is 12.3 Å². The minimum Gasteiger partial charge on any atom is -0.351 e. The number of nitrogens with one attached hydrogen (secondary N) is 2. The number of hydrogen-bond donors (Lipinski definition) is 2. The van der Waals surface area contributed by atoms with Gasteiger partial charge in [0.05, 0.1) is 10.5 Å². The molecule has 0 aliphatic carbocycles. The standard InChI is InChI=1S/C19H25N3O3S.ClH/c1-15-3-5-17(6-4-15)26(24,25)22-12-7-16(13-22)18(23)21-14-19(2)8-10-20-11-9-19;/h3-7,12-13,20H,8-11,14H2,1-2H3,(H,21,23);1H. The second-order valence-electron chi connectivity index (χ2n) is 7.29. The normalized spacial score (nSPS) is 16.4. The van der Waals surface area contributed by atoms with Gasteiger partial charge in [-0.05, 0) is 56.5 Å². The van der Waals surface area contributed by atoms with E-state index >= 15 is 0 Å². The molecule has 1 saturated heterocycles. The van der Waals surface area contributed by atoms with Gasteiger partial charge >= 0.3 is 0 Å². The molecule has 0 radical (unpaired) electrons. The summed E-state index contributed by atoms with van der Waals surface area (Å²) < 4.78 is 26.4. The number of piperidine rings is 1. The molecule has 1 aromatic carbocycles. The van der Waals surface area contributed by atoms with Crippen molar-refractivity contribution in [1.29, 1.82) is 0 Å². The van der Waals surface area contributed by atoms with Gasteiger partial charge in [-0.15, -0.1) is 12.4 Å². The summed E-state index contributed by atoms with van der Waals surface area (Å²) in [5.41, 5.74) is 1.42. The number of halogens is 1. The second kappa shape index (κ2) is 8.46. The maximum atomic E-state index is 12.7. The van der Waals surface area contributed by atoms with Crippen LogP contribution in [0.15, 0.2) is 47.6 Å². The number of carbonyl (C=O) groups excluding carboxylic acids is 1. The Hall–Kier alpha value is -1.83. The van der Waals surface area contributed by atoms with Crippen molar-refractivity contribution >= 4 is 28.3 Å². The van der Waals surface area contributed by atoms with Gasteiger partial charge in [-0.25, -0.2) is 12.4 Å². The van der Waals surface area contributed by atoms with Crippen LogP contribution in [0.3, 0.4) is 0 Å². The van der Waals surface area contributed by atoms with Crippen LogP contribution in [0.25, 0.3) is 0 Å². The molecule has 2 aromatic rings. The molecule has 0 atom stereocenters. The third kappa shape index (κ3) is 4.91. The second-order valence-corrected chi connectivity index (χ2v) is 9.13. The lowest BCUT2D eigenvalue weighted by atomic mass is 9.81. The SMILES string of the molecule is Cc1ccc(S(=O)(=O)n2ccc(C(=O)NCC3(C)CCNCC3)c2)cc1.Cl. The van der Waals surface area contributed by atoms with Crippen LogP contribution in [0.4, 0.5) is 0 Å². The zero-order chi connectivity index (χ0) is 18.8. The average Bonchev–Trinajstić information content (AvgIpc) is 3.12. The zero-order valence-electron chi connectivity index (χ0n) is 15.6. The molecule has 1 aromatic heterocycles. The zero-order valence-corrected chi connectivity index (χ0v) is 17.2. The minimum absolute atomic E-state index is 0. The molecule has 2 heterocycles. The molecular formula is C19H26ClN3O3S. The summed E-state index contributed by atoms with van der Waals surface area (Å²) in [7, 11) is -3.69. The highest BCUT2D eigenvalue weighted by molar-refractivity contribution is 7.90. The highest BCUT2D eigenvalue weighted by atomic mass is 35.5. The number of nitrogens with zero attached hydrogens (tertiary/aromatic N) is 1. The molecule has 8 heteroatoms. The van der Waals surface area contributed by atoms with Crippen LogP contribution < -0.4 is 10.6 Å². The quantitative estimate of drug-likeness (QED) is 0.792. The maximum absolute atomic E-state index is 12.7. The lowest BCUT2D eigenvalue weighted by molar-refractivity contribution is 0.0922. The summed E-state index contributed by atoms with van der Waals surface area (Å²) in [6.07, 6.45) is 4.80. The summed E-state index contributed by atoms with van der Waals surface area (Å²) >= 11 is 0. The Balaban J connectivity index is 0.00000261. The van der Waals surface area contributed by atoms with Crippen LogP contribution in [0.1, 0.15) is 35.7 Å². The first kappa shape index (κ1) is 21.5. The molecule has 0 saturated carbocycles. The first-order valence-corrected chi connectivity index (χ1v) is 10.2. The van der Waals surface area contributed by atoms with E-state index in [4.69, 9.17) is 0 Å². The number of rotatable bonds is 5. The van der Waals surface area contributed by atoms with Gasteiger partial charge in [0.2, 0.25) is 0 Å². The lowest BCUT2D eigenvalue weighted by Crippen LogP contribution is -2.42. The molecular weight excluding hydrogens is 386 g/mol. The monoisotopic (exact) mass is 411 g/mol. The van der Waals surface area contributed by atoms with Crippen molar-refractivity contribution in [1.82, 2.24) is 14.6 Å². The molecule has 27 heavy (non-hydrogen) atoms. The first-order chi connectivity index (χ1) is 12.3. The van der Waals surface area contributed by atoms with Crippen molar-refractivity contribution in [2.24, 2.45) is 5.41 Å². The van der Waals surface area contributed by atoms with Crippen molar-refractivity contribution in [3.8, 4) is 0 Å². The van der Waals surface area contributed by atoms with Gasteiger partial charge in [0.25, 0.3) is 15.9 Å². The van der Waals surface area contributed by atoms with Crippen LogP contribution in [-0.2, 0) is 10.0 Å². The predicted octanol–water partition coefficient (Wildman–Crippen LogP) is 2.57. The van der Waals surface area contributed by atoms with E-state index in [2.05, 4.69) is 17.6 Å². The Morgan fingerprint density at radius 3 is 2.44 bits per heavy atom. The van der Waals surface area contributed by atoms with Gasteiger partial charge in [-0.3, -0.25) is 4.79 Å². The Labute approximate surface area is 166 Å². The Bertz CT molecular complexity index is 885. The molecule has 1 aliphatic rings. The Kier molecular flexibility index (Phi) is 6.72. The highest BCUT2D eigenvalue weighted by Crippen LogP contribution is 2.26. The van der Waals surface area contributed by atoms with Crippen LogP contribution in [0.5, 0.6) is 0 Å². The third-order valence-electron chi connectivity index (χ3n) is 5.01. The van der Waals surface area contributed by atoms with Gasteiger partial charge in [-0.1, -0.05) is 24.6 Å². The molecule has 6 nitrogen and oxygen atoms in total. The molecule has 148 valence electrons. The molecule has 1 amide bonds. The summed E-state index contributed by atoms with van der Waals surface area (Å²) in [5.74, 6) is -0.248. The van der Waals surface area contributed by atoms with Gasteiger partial charge in [0.15, 0.2) is 0 Å². The smallest absolute Gasteiger partial charge is 0.267 e. The topological polar surface area (TPSA) is 80.2 Å². The molecule has 2 N–H and O–H groups in total. The van der Waals surface area contributed by atoms with E-state index in [0.717, 1.165) is 35.5 Å². The number of benzene rings is 1. The van der Waals surface area contributed by atoms with E-state index in [-0.39, 0.29) is 28.6 Å². The molecule has 0 spiro atoms. The molecule has 0 unspecified atom stereocenters. The van der Waals surface area contributed by atoms with Crippen molar-refractivity contribution in [2.75, 3.05) is 19.6 Å². The summed E-state index contributed by atoms with van der Waals surface area (Å²) in [5, 5.41) is 6.26. The lowest BCUT2D eigenvalue weighted by Gasteiger charge is -2.34. The molecule has 0 bridgehead atoms. The van der Waals surface area contributed by atoms with Crippen LogP contribution in [0.2, 0.25) is 0 Å². The van der Waals surface area contributed by atoms with Crippen molar-refractivity contribution in [2.45, 2.75) is 31.6 Å². The van der Waals surface area contributed by atoms with E-state index in [1.807, 2.05) is 6.92 Å². The van der Waals surface area contributed by atoms with E-state index in [1.165, 1.54) is 18.5 Å². The summed E-state index contributed by atoms with van der Waals surface area (Å²) in [6, 6.07) is 8.18. The maximum Gasteiger partial charge on any atom is 0.267 e. The number of amides is 1. The van der Waals surface area contributed by atoms with E-state index in [9.17, 15) is 13.2 Å². The molecule has 3 rings (SSSR count). The highest BCUT2D eigenvalue weighted by Gasteiger charge is 2.27. The largest absolute Gasteiger partial charge is 0.351 e. The van der Waals surface area contributed by atoms with Crippen molar-refractivity contribution in [3.05, 3.63) is 53.9 Å². The number of hydrogen-bond acceptors (Lipinski definition) is 4. The summed E-state index contributed by atoms with van der Waals surface area (Å²) in [6.45, 7) is 6.57. The van der Waals surface area contributed by atoms with E-state index < -0.39 is 10.0 Å². The van der Waals surface area contributed by atoms with Crippen molar-refractivity contribution in [3.63, 3.8) is 0 Å². The van der Waals surface area contributed by atoms with Crippen LogP contribution >= 0.6 is 12.4 Å². The van der Waals surface area contributed by atoms with Crippen LogP contribution in [-0.4, -0.2) is 37.9 Å². The number of aryl methyl sites for hydroxylation is 1. The third-order valence-corrected chi connectivity index (χ3v) is 6.66. The molecule has 1 aliphatic heterocycles. The van der Waals surface area contributed by atoms with Gasteiger partial charge < -0.3 is 10.6 Å². The predicted molar refractivity (Wildman–Crippen MR) is 108 cm³/mol. The molecule has 1 fully saturated rings. The van der Waals surface area contributed by atoms with E-state index in [0.29, 0.717) is 12.1 Å². The number of aromatic nitrogens is 1. The summed E-state index contributed by atoms with van der Waals surface area (Å²) in [4.78, 5) is 12.6. The van der Waals surface area contributed by atoms with Gasteiger partial charge in [0, 0.05) is 18.9 Å². The Morgan fingerprint density at radius 1 is 1.19 bits per heavy atom. The fourth-order valence-electron chi connectivity index (χ4n) is 3.10. The van der Waals surface area contributed by atoms with Crippen molar-refractivity contribution < 1.29 is 13.2 Å². The van der Waals surface area contributed by atoms with Gasteiger partial charge in [0.1, 0.15) is 0 Å². The van der Waals surface area contributed by atoms with E-state index in [1.54, 1.807) is 24.3 Å².